The Kier molecular flexibility index (Phi) is 5.37. The summed E-state index contributed by atoms with van der Waals surface area (Å²) in [6.45, 7) is 7.39. The van der Waals surface area contributed by atoms with Gasteiger partial charge in [-0.05, 0) is 39.0 Å². The topological polar surface area (TPSA) is 81.4 Å². The predicted molar refractivity (Wildman–Crippen MR) is 110 cm³/mol. The largest absolute Gasteiger partial charge is 0.497 e. The molecule has 0 aliphatic carbocycles. The van der Waals surface area contributed by atoms with Crippen LogP contribution in [0.2, 0.25) is 0 Å². The monoisotopic (exact) mass is 418 g/mol. The van der Waals surface area contributed by atoms with Crippen molar-refractivity contribution in [2.75, 3.05) is 27.3 Å². The number of aromatic nitrogens is 3. The summed E-state index contributed by atoms with van der Waals surface area (Å²) in [6, 6.07) is 5.49. The fourth-order valence-corrected chi connectivity index (χ4v) is 5.17. The Morgan fingerprint density at radius 2 is 1.93 bits per heavy atom. The molecular formula is C20H26N4O4S. The van der Waals surface area contributed by atoms with Crippen LogP contribution >= 0.6 is 11.3 Å². The third-order valence-electron chi connectivity index (χ3n) is 5.10. The fraction of sp³-hybridized carbons (Fsp3) is 0.500. The van der Waals surface area contributed by atoms with Crippen LogP contribution in [0.5, 0.6) is 17.4 Å². The number of morpholine rings is 1. The summed E-state index contributed by atoms with van der Waals surface area (Å²) in [7, 11) is 3.29. The number of methoxy groups -OCH3 is 2. The van der Waals surface area contributed by atoms with Crippen LogP contribution < -0.4 is 9.47 Å². The van der Waals surface area contributed by atoms with Crippen molar-refractivity contribution in [3.63, 3.8) is 0 Å². The van der Waals surface area contributed by atoms with Crippen LogP contribution in [-0.2, 0) is 4.74 Å². The molecule has 0 saturated carbocycles. The Hall–Kier alpha value is -2.36. The van der Waals surface area contributed by atoms with E-state index in [1.807, 2.05) is 25.1 Å². The fourth-order valence-electron chi connectivity index (χ4n) is 4.01. The molecule has 0 radical (unpaired) electrons. The number of nitrogens with zero attached hydrogens (tertiary/aromatic N) is 4. The molecule has 3 atom stereocenters. The maximum Gasteiger partial charge on any atom is 0.230 e. The first kappa shape index (κ1) is 19.9. The van der Waals surface area contributed by atoms with Gasteiger partial charge in [0.05, 0.1) is 37.3 Å². The zero-order valence-corrected chi connectivity index (χ0v) is 18.1. The third-order valence-corrected chi connectivity index (χ3v) is 6.17. The van der Waals surface area contributed by atoms with Gasteiger partial charge in [-0.1, -0.05) is 11.3 Å². The maximum absolute atomic E-state index is 11.0. The minimum Gasteiger partial charge on any atom is -0.497 e. The van der Waals surface area contributed by atoms with Gasteiger partial charge in [0, 0.05) is 18.7 Å². The first-order valence-corrected chi connectivity index (χ1v) is 10.4. The van der Waals surface area contributed by atoms with E-state index in [1.165, 1.54) is 15.9 Å². The standard InChI is InChI=1S/C20H26N4O4S/c1-11-9-23(10-12(2)28-11)17(15-8-14(26-4)6-7-16(15)27-5)18-19(25)24-20(29-18)21-13(3)22-24/h6-8,11-12,17,25H,9-10H2,1-5H3/t11-,12+,17-/m1/s1. The molecule has 8 nitrogen and oxygen atoms in total. The van der Waals surface area contributed by atoms with Crippen LogP contribution in [0.4, 0.5) is 0 Å². The highest BCUT2D eigenvalue weighted by Crippen LogP contribution is 2.44. The summed E-state index contributed by atoms with van der Waals surface area (Å²) in [5, 5.41) is 15.4. The molecule has 4 rings (SSSR count). The first-order chi connectivity index (χ1) is 13.9. The quantitative estimate of drug-likeness (QED) is 0.682. The van der Waals surface area contributed by atoms with Crippen molar-refractivity contribution in [2.24, 2.45) is 0 Å². The van der Waals surface area contributed by atoms with Gasteiger partial charge in [0.1, 0.15) is 17.3 Å². The van der Waals surface area contributed by atoms with E-state index in [9.17, 15) is 5.11 Å². The second-order valence-corrected chi connectivity index (χ2v) is 8.37. The molecule has 156 valence electrons. The molecule has 1 aromatic carbocycles. The van der Waals surface area contributed by atoms with Crippen LogP contribution in [0.15, 0.2) is 18.2 Å². The van der Waals surface area contributed by atoms with Gasteiger partial charge in [0.25, 0.3) is 0 Å². The molecule has 1 aliphatic rings. The molecule has 0 amide bonds. The molecule has 0 unspecified atom stereocenters. The molecule has 1 fully saturated rings. The minimum absolute atomic E-state index is 0.0735. The molecule has 3 aromatic rings. The van der Waals surface area contributed by atoms with E-state index in [2.05, 4.69) is 28.8 Å². The van der Waals surface area contributed by atoms with Crippen molar-refractivity contribution in [1.29, 1.82) is 0 Å². The number of rotatable bonds is 5. The van der Waals surface area contributed by atoms with Crippen LogP contribution in [0.1, 0.15) is 36.2 Å². The van der Waals surface area contributed by atoms with Crippen molar-refractivity contribution in [3.05, 3.63) is 34.5 Å². The molecule has 1 saturated heterocycles. The SMILES string of the molecule is COc1ccc(OC)c([C@H](c2sc3nc(C)nn3c2O)N2C[C@@H](C)O[C@@H](C)C2)c1. The van der Waals surface area contributed by atoms with E-state index in [0.717, 1.165) is 35.0 Å². The molecule has 3 heterocycles. The summed E-state index contributed by atoms with van der Waals surface area (Å²) in [5.74, 6) is 2.20. The van der Waals surface area contributed by atoms with Crippen molar-refractivity contribution >= 4 is 16.3 Å². The maximum atomic E-state index is 11.0. The molecule has 9 heteroatoms. The van der Waals surface area contributed by atoms with Gasteiger partial charge < -0.3 is 19.3 Å². The molecule has 1 N–H and O–H groups in total. The minimum atomic E-state index is -0.248. The Morgan fingerprint density at radius 3 is 2.55 bits per heavy atom. The number of fused-ring (bicyclic) bond motifs is 1. The van der Waals surface area contributed by atoms with Gasteiger partial charge in [-0.3, -0.25) is 4.90 Å². The van der Waals surface area contributed by atoms with Gasteiger partial charge in [-0.2, -0.15) is 4.52 Å². The van der Waals surface area contributed by atoms with E-state index < -0.39 is 0 Å². The number of aromatic hydroxyl groups is 1. The van der Waals surface area contributed by atoms with Crippen LogP contribution in [0.25, 0.3) is 4.96 Å². The number of benzene rings is 1. The summed E-state index contributed by atoms with van der Waals surface area (Å²) < 4.78 is 18.6. The van der Waals surface area contributed by atoms with Crippen LogP contribution in [0, 0.1) is 6.92 Å². The van der Waals surface area contributed by atoms with Gasteiger partial charge in [0.15, 0.2) is 0 Å². The number of hydrogen-bond acceptors (Lipinski definition) is 8. The van der Waals surface area contributed by atoms with E-state index in [0.29, 0.717) is 10.8 Å². The summed E-state index contributed by atoms with van der Waals surface area (Å²) >= 11 is 1.44. The Bertz CT molecular complexity index is 1010. The summed E-state index contributed by atoms with van der Waals surface area (Å²) in [4.78, 5) is 8.18. The highest BCUT2D eigenvalue weighted by Gasteiger charge is 2.35. The molecule has 0 bridgehead atoms. The zero-order chi connectivity index (χ0) is 20.7. The van der Waals surface area contributed by atoms with E-state index in [1.54, 1.807) is 14.2 Å². The second kappa shape index (κ2) is 7.81. The normalized spacial score (nSPS) is 21.4. The average Bonchev–Trinajstić information content (AvgIpc) is 3.18. The van der Waals surface area contributed by atoms with Crippen molar-refractivity contribution in [1.82, 2.24) is 19.5 Å². The number of hydrogen-bond donors (Lipinski definition) is 1. The van der Waals surface area contributed by atoms with Gasteiger partial charge in [-0.15, -0.1) is 5.10 Å². The second-order valence-electron chi connectivity index (χ2n) is 7.36. The number of ether oxygens (including phenoxy) is 3. The van der Waals surface area contributed by atoms with E-state index in [4.69, 9.17) is 14.2 Å². The summed E-state index contributed by atoms with van der Waals surface area (Å²) in [6.07, 6.45) is 0.147. The van der Waals surface area contributed by atoms with E-state index >= 15 is 0 Å². The van der Waals surface area contributed by atoms with E-state index in [-0.39, 0.29) is 24.1 Å². The Morgan fingerprint density at radius 1 is 1.21 bits per heavy atom. The first-order valence-electron chi connectivity index (χ1n) is 9.57. The Balaban J connectivity index is 1.90. The lowest BCUT2D eigenvalue weighted by Gasteiger charge is -2.40. The number of aryl methyl sites for hydroxylation is 1. The molecular weight excluding hydrogens is 392 g/mol. The van der Waals surface area contributed by atoms with Crippen molar-refractivity contribution in [3.8, 4) is 17.4 Å². The third kappa shape index (κ3) is 3.65. The summed E-state index contributed by atoms with van der Waals surface area (Å²) in [5.41, 5.74) is 0.921. The highest BCUT2D eigenvalue weighted by atomic mass is 32.1. The van der Waals surface area contributed by atoms with Crippen molar-refractivity contribution in [2.45, 2.75) is 39.0 Å². The van der Waals surface area contributed by atoms with Crippen LogP contribution in [-0.4, -0.2) is 64.1 Å². The van der Waals surface area contributed by atoms with Gasteiger partial charge >= 0.3 is 0 Å². The lowest BCUT2D eigenvalue weighted by molar-refractivity contribution is -0.0765. The molecule has 0 spiro atoms. The smallest absolute Gasteiger partial charge is 0.230 e. The molecule has 2 aromatic heterocycles. The molecule has 29 heavy (non-hydrogen) atoms. The predicted octanol–water partition coefficient (Wildman–Crippen LogP) is 3.02. The van der Waals surface area contributed by atoms with Gasteiger partial charge in [0.2, 0.25) is 10.8 Å². The lowest BCUT2D eigenvalue weighted by atomic mass is 10.00. The van der Waals surface area contributed by atoms with Gasteiger partial charge in [-0.25, -0.2) is 4.98 Å². The number of thiazole rings is 1. The van der Waals surface area contributed by atoms with Crippen molar-refractivity contribution < 1.29 is 19.3 Å². The van der Waals surface area contributed by atoms with Crippen LogP contribution in [0.3, 0.4) is 0 Å². The highest BCUT2D eigenvalue weighted by molar-refractivity contribution is 7.17. The average molecular weight is 419 g/mol. The lowest BCUT2D eigenvalue weighted by Crippen LogP contribution is -2.47. The zero-order valence-electron chi connectivity index (χ0n) is 17.2. The Labute approximate surface area is 173 Å². The molecule has 1 aliphatic heterocycles.